The molecule has 2 amide bonds. The lowest BCUT2D eigenvalue weighted by atomic mass is 10.0. The summed E-state index contributed by atoms with van der Waals surface area (Å²) in [7, 11) is 0. The Morgan fingerprint density at radius 1 is 0.660 bits per heavy atom. The molecule has 18 heteroatoms. The lowest BCUT2D eigenvalue weighted by molar-refractivity contribution is -0.138. The monoisotopic (exact) mass is 664 g/mol. The van der Waals surface area contributed by atoms with Gasteiger partial charge in [-0.15, -0.1) is 0 Å². The molecular weight excluding hydrogens is 642 g/mol. The molecular formula is C29H22F6N6O6. The van der Waals surface area contributed by atoms with Gasteiger partial charge in [0.25, 0.3) is 11.8 Å². The van der Waals surface area contributed by atoms with Crippen molar-refractivity contribution in [2.45, 2.75) is 33.1 Å². The lowest BCUT2D eigenvalue weighted by Crippen LogP contribution is -2.19. The van der Waals surface area contributed by atoms with Crippen molar-refractivity contribution in [3.63, 3.8) is 0 Å². The number of carbonyl (C=O) groups excluding carboxylic acids is 2. The number of halogens is 6. The van der Waals surface area contributed by atoms with Crippen molar-refractivity contribution < 1.29 is 55.7 Å². The highest BCUT2D eigenvalue weighted by Gasteiger charge is 2.33. The molecule has 0 aliphatic carbocycles. The molecule has 12 nitrogen and oxygen atoms in total. The van der Waals surface area contributed by atoms with Crippen LogP contribution in [0.5, 0.6) is 0 Å². The number of carboxylic acids is 2. The minimum Gasteiger partial charge on any atom is -0.478 e. The van der Waals surface area contributed by atoms with Gasteiger partial charge in [-0.2, -0.15) is 26.3 Å². The number of aromatic nitrogens is 4. The Hall–Kier alpha value is -5.94. The van der Waals surface area contributed by atoms with Crippen molar-refractivity contribution in [3.8, 4) is 0 Å². The Morgan fingerprint density at radius 3 is 1.57 bits per heavy atom. The fourth-order valence-electron chi connectivity index (χ4n) is 3.66. The van der Waals surface area contributed by atoms with Gasteiger partial charge in [-0.3, -0.25) is 14.9 Å². The van der Waals surface area contributed by atoms with Crippen LogP contribution in [0.25, 0.3) is 0 Å². The Balaban J connectivity index is 0.000000256. The summed E-state index contributed by atoms with van der Waals surface area (Å²) in [6.45, 7) is 5.03. The first-order chi connectivity index (χ1) is 21.8. The number of benzene rings is 2. The molecule has 2 aromatic heterocycles. The fourth-order valence-corrected chi connectivity index (χ4v) is 3.66. The summed E-state index contributed by atoms with van der Waals surface area (Å²) in [6, 6.07) is 5.11. The number of carboxylic acid groups (broad SMARTS) is 2. The average Bonchev–Trinajstić information content (AvgIpc) is 2.97. The first-order valence-corrected chi connectivity index (χ1v) is 12.9. The molecule has 0 aliphatic rings. The average molecular weight is 665 g/mol. The Labute approximate surface area is 260 Å². The van der Waals surface area contributed by atoms with Crippen LogP contribution in [0.3, 0.4) is 0 Å². The van der Waals surface area contributed by atoms with Crippen molar-refractivity contribution in [2.75, 3.05) is 10.6 Å². The molecule has 0 saturated heterocycles. The zero-order valence-corrected chi connectivity index (χ0v) is 24.3. The van der Waals surface area contributed by atoms with Gasteiger partial charge >= 0.3 is 24.3 Å². The SMILES string of the molecule is Cc1cnc(NC(=O)c2ccc(C(F)(F)F)cc2C(=O)O)nc1C.Cc1nccc(NC(=O)c2ccc(C(F)(F)F)cc2C(=O)O)n1. The van der Waals surface area contributed by atoms with Gasteiger partial charge in [-0.05, 0) is 68.8 Å². The second kappa shape index (κ2) is 14.0. The number of aromatic carboxylic acids is 2. The van der Waals surface area contributed by atoms with E-state index in [4.69, 9.17) is 10.2 Å². The zero-order valence-electron chi connectivity index (χ0n) is 24.3. The van der Waals surface area contributed by atoms with Gasteiger partial charge in [0.2, 0.25) is 5.95 Å². The predicted octanol–water partition coefficient (Wildman–Crippen LogP) is 5.82. The maximum absolute atomic E-state index is 12.7. The molecule has 4 N–H and O–H groups in total. The first kappa shape index (κ1) is 35.5. The van der Waals surface area contributed by atoms with E-state index in [9.17, 15) is 45.5 Å². The van der Waals surface area contributed by atoms with E-state index in [0.717, 1.165) is 17.7 Å². The number of amides is 2. The van der Waals surface area contributed by atoms with Gasteiger partial charge in [-0.25, -0.2) is 29.5 Å². The fraction of sp³-hybridized carbons (Fsp3) is 0.172. The van der Waals surface area contributed by atoms with Gasteiger partial charge in [0.1, 0.15) is 11.6 Å². The number of carbonyl (C=O) groups is 4. The van der Waals surface area contributed by atoms with E-state index in [-0.39, 0.29) is 11.8 Å². The van der Waals surface area contributed by atoms with Crippen LogP contribution in [-0.4, -0.2) is 53.9 Å². The van der Waals surface area contributed by atoms with E-state index in [1.165, 1.54) is 18.5 Å². The van der Waals surface area contributed by atoms with Gasteiger partial charge in [-0.1, -0.05) is 0 Å². The Kier molecular flexibility index (Phi) is 10.6. The van der Waals surface area contributed by atoms with Crippen molar-refractivity contribution in [2.24, 2.45) is 0 Å². The van der Waals surface area contributed by atoms with Crippen LogP contribution < -0.4 is 10.6 Å². The number of anilines is 2. The minimum absolute atomic E-state index is 0.0701. The minimum atomic E-state index is -4.71. The maximum Gasteiger partial charge on any atom is 0.416 e. The smallest absolute Gasteiger partial charge is 0.416 e. The second-order valence-electron chi connectivity index (χ2n) is 9.49. The molecule has 0 radical (unpaired) electrons. The number of hydrogen-bond donors (Lipinski definition) is 4. The quantitative estimate of drug-likeness (QED) is 0.183. The number of alkyl halides is 6. The van der Waals surface area contributed by atoms with Crippen LogP contribution in [0.4, 0.5) is 38.1 Å². The predicted molar refractivity (Wildman–Crippen MR) is 151 cm³/mol. The highest BCUT2D eigenvalue weighted by atomic mass is 19.4. The van der Waals surface area contributed by atoms with Crippen molar-refractivity contribution >= 4 is 35.5 Å². The molecule has 0 saturated carbocycles. The molecule has 0 fully saturated rings. The van der Waals surface area contributed by atoms with Crippen LogP contribution in [0.15, 0.2) is 54.9 Å². The van der Waals surface area contributed by atoms with Crippen molar-refractivity contribution in [1.82, 2.24) is 19.9 Å². The van der Waals surface area contributed by atoms with E-state index < -0.39 is 69.5 Å². The maximum atomic E-state index is 12.7. The molecule has 4 rings (SSSR count). The van der Waals surface area contributed by atoms with Gasteiger partial charge < -0.3 is 15.5 Å². The first-order valence-electron chi connectivity index (χ1n) is 12.9. The van der Waals surface area contributed by atoms with Crippen molar-refractivity contribution in [3.05, 3.63) is 105 Å². The van der Waals surface area contributed by atoms with Crippen LogP contribution in [-0.2, 0) is 12.4 Å². The van der Waals surface area contributed by atoms with E-state index in [1.807, 2.05) is 0 Å². The van der Waals surface area contributed by atoms with Gasteiger partial charge in [0, 0.05) is 18.1 Å². The van der Waals surface area contributed by atoms with E-state index >= 15 is 0 Å². The van der Waals surface area contributed by atoms with E-state index in [1.54, 1.807) is 20.8 Å². The number of hydrogen-bond acceptors (Lipinski definition) is 8. The summed E-state index contributed by atoms with van der Waals surface area (Å²) in [6.07, 6.45) is -6.58. The summed E-state index contributed by atoms with van der Waals surface area (Å²) < 4.78 is 76.0. The third kappa shape index (κ3) is 9.28. The normalized spacial score (nSPS) is 11.2. The summed E-state index contributed by atoms with van der Waals surface area (Å²) in [5.41, 5.74) is -3.24. The number of nitrogens with zero attached hydrogens (tertiary/aromatic N) is 4. The second-order valence-corrected chi connectivity index (χ2v) is 9.49. The van der Waals surface area contributed by atoms with Gasteiger partial charge in [0.05, 0.1) is 33.4 Å². The summed E-state index contributed by atoms with van der Waals surface area (Å²) >= 11 is 0. The third-order valence-corrected chi connectivity index (χ3v) is 6.11. The molecule has 0 unspecified atom stereocenters. The summed E-state index contributed by atoms with van der Waals surface area (Å²) in [5, 5.41) is 22.7. The van der Waals surface area contributed by atoms with Crippen molar-refractivity contribution in [1.29, 1.82) is 0 Å². The van der Waals surface area contributed by atoms with E-state index in [0.29, 0.717) is 35.8 Å². The molecule has 4 aromatic rings. The zero-order chi connectivity index (χ0) is 35.3. The van der Waals surface area contributed by atoms with Crippen LogP contribution in [0.1, 0.15) is 69.6 Å². The van der Waals surface area contributed by atoms with Crippen LogP contribution in [0.2, 0.25) is 0 Å². The highest BCUT2D eigenvalue weighted by molar-refractivity contribution is 6.11. The van der Waals surface area contributed by atoms with Crippen LogP contribution in [0, 0.1) is 20.8 Å². The standard InChI is InChI=1S/C15H12F3N3O3.C14H10F3N3O3/c1-7-6-19-14(20-8(7)2)21-12(22)10-4-3-9(15(16,17)18)5-11(10)13(23)24;1-7-18-5-4-11(19-7)20-12(21)9-3-2-8(14(15,16)17)6-10(9)13(22)23/h3-6H,1-2H3,(H,23,24)(H,19,20,21,22);2-6H,1H3,(H,22,23)(H,18,19,20,21). The molecule has 2 heterocycles. The largest absolute Gasteiger partial charge is 0.478 e. The summed E-state index contributed by atoms with van der Waals surface area (Å²) in [4.78, 5) is 62.2. The molecule has 47 heavy (non-hydrogen) atoms. The molecule has 0 bridgehead atoms. The Morgan fingerprint density at radius 2 is 1.15 bits per heavy atom. The third-order valence-electron chi connectivity index (χ3n) is 6.11. The molecule has 2 aromatic carbocycles. The highest BCUT2D eigenvalue weighted by Crippen LogP contribution is 2.32. The summed E-state index contributed by atoms with van der Waals surface area (Å²) in [5.74, 6) is -4.67. The molecule has 0 aliphatic heterocycles. The molecule has 0 spiro atoms. The topological polar surface area (TPSA) is 184 Å². The van der Waals surface area contributed by atoms with E-state index in [2.05, 4.69) is 30.6 Å². The molecule has 246 valence electrons. The number of rotatable bonds is 6. The van der Waals surface area contributed by atoms with Gasteiger partial charge in [0.15, 0.2) is 0 Å². The Bertz CT molecular complexity index is 1860. The molecule has 0 atom stereocenters. The number of aryl methyl sites for hydroxylation is 3. The van der Waals surface area contributed by atoms with Crippen LogP contribution >= 0.6 is 0 Å². The lowest BCUT2D eigenvalue weighted by Gasteiger charge is -2.11. The number of nitrogens with one attached hydrogen (secondary N) is 2.